The van der Waals surface area contributed by atoms with Gasteiger partial charge in [-0.25, -0.2) is 10.8 Å². The summed E-state index contributed by atoms with van der Waals surface area (Å²) in [5, 5.41) is 2.82. The van der Waals surface area contributed by atoms with Gasteiger partial charge in [-0.15, -0.1) is 0 Å². The van der Waals surface area contributed by atoms with Crippen molar-refractivity contribution in [3.05, 3.63) is 17.7 Å². The Hall–Kier alpha value is -1.50. The first-order valence-electron chi connectivity index (χ1n) is 5.12. The third-order valence-corrected chi connectivity index (χ3v) is 1.99. The molecule has 0 saturated carbocycles. The van der Waals surface area contributed by atoms with Gasteiger partial charge in [-0.3, -0.25) is 0 Å². The number of nitrogens with zero attached hydrogens (tertiary/aromatic N) is 1. The Bertz CT molecular complexity index is 376. The lowest BCUT2D eigenvalue weighted by Crippen LogP contribution is -2.15. The summed E-state index contributed by atoms with van der Waals surface area (Å²) in [7, 11) is 0. The van der Waals surface area contributed by atoms with E-state index in [9.17, 15) is 13.2 Å². The molecule has 0 aliphatic heterocycles. The highest BCUT2D eigenvalue weighted by Crippen LogP contribution is 2.31. The van der Waals surface area contributed by atoms with Gasteiger partial charge in [-0.2, -0.15) is 13.2 Å². The molecule has 0 aromatic carbocycles. The minimum atomic E-state index is -4.41. The lowest BCUT2D eigenvalue weighted by atomic mass is 10.2. The van der Waals surface area contributed by atoms with Gasteiger partial charge >= 0.3 is 6.18 Å². The molecule has 0 fully saturated rings. The molecule has 1 aromatic heterocycles. The van der Waals surface area contributed by atoms with Crippen molar-refractivity contribution in [2.45, 2.75) is 20.0 Å². The number of rotatable bonds is 4. The number of hydrogen-bond acceptors (Lipinski definition) is 4. The average molecular weight is 248 g/mol. The third-order valence-electron chi connectivity index (χ3n) is 1.99. The van der Waals surface area contributed by atoms with Crippen molar-refractivity contribution in [1.82, 2.24) is 4.98 Å². The summed E-state index contributed by atoms with van der Waals surface area (Å²) in [6.45, 7) is 4.43. The highest BCUT2D eigenvalue weighted by molar-refractivity contribution is 5.49. The predicted molar refractivity (Wildman–Crippen MR) is 60.4 cm³/mol. The number of aromatic nitrogens is 1. The van der Waals surface area contributed by atoms with Gasteiger partial charge in [0.1, 0.15) is 11.6 Å². The predicted octanol–water partition coefficient (Wildman–Crippen LogP) is 2.45. The van der Waals surface area contributed by atoms with Gasteiger partial charge in [0.2, 0.25) is 0 Å². The molecule has 0 saturated heterocycles. The molecule has 0 unspecified atom stereocenters. The highest BCUT2D eigenvalue weighted by atomic mass is 19.4. The molecule has 1 rings (SSSR count). The smallest absolute Gasteiger partial charge is 0.370 e. The van der Waals surface area contributed by atoms with Crippen LogP contribution in [0.5, 0.6) is 0 Å². The number of alkyl halides is 3. The summed E-state index contributed by atoms with van der Waals surface area (Å²) in [6.07, 6.45) is -4.41. The summed E-state index contributed by atoms with van der Waals surface area (Å²) in [5.41, 5.74) is 1.33. The second-order valence-corrected chi connectivity index (χ2v) is 4.04. The van der Waals surface area contributed by atoms with Crippen molar-refractivity contribution in [3.63, 3.8) is 0 Å². The second kappa shape index (κ2) is 5.22. The van der Waals surface area contributed by atoms with Crippen molar-refractivity contribution in [1.29, 1.82) is 0 Å². The van der Waals surface area contributed by atoms with E-state index in [0.717, 1.165) is 12.1 Å². The topological polar surface area (TPSA) is 63.0 Å². The number of pyridine rings is 1. The number of halogens is 3. The lowest BCUT2D eigenvalue weighted by Gasteiger charge is -2.13. The molecular weight excluding hydrogens is 233 g/mol. The second-order valence-electron chi connectivity index (χ2n) is 4.04. The number of nitrogens with one attached hydrogen (secondary N) is 2. The van der Waals surface area contributed by atoms with E-state index in [1.165, 1.54) is 0 Å². The van der Waals surface area contributed by atoms with Crippen molar-refractivity contribution in [2.24, 2.45) is 11.8 Å². The number of hydrazine groups is 1. The molecule has 96 valence electrons. The Kier molecular flexibility index (Phi) is 4.17. The molecule has 0 bridgehead atoms. The van der Waals surface area contributed by atoms with Crippen LogP contribution in [0.15, 0.2) is 12.1 Å². The summed E-state index contributed by atoms with van der Waals surface area (Å²) >= 11 is 0. The monoisotopic (exact) mass is 248 g/mol. The van der Waals surface area contributed by atoms with E-state index in [1.807, 2.05) is 13.8 Å². The standard InChI is InChI=1S/C10H15F3N4/c1-6(2)5-15-8-3-7(10(11,12)13)4-9(16-8)17-14/h3-4,6H,5,14H2,1-2H3,(H2,15,16,17). The minimum Gasteiger partial charge on any atom is -0.370 e. The lowest BCUT2D eigenvalue weighted by molar-refractivity contribution is -0.137. The van der Waals surface area contributed by atoms with Gasteiger partial charge in [-0.05, 0) is 18.1 Å². The first-order valence-corrected chi connectivity index (χ1v) is 5.12. The van der Waals surface area contributed by atoms with Crippen LogP contribution in [0.3, 0.4) is 0 Å². The molecule has 1 heterocycles. The molecular formula is C10H15F3N4. The molecule has 0 aliphatic carbocycles. The quantitative estimate of drug-likeness (QED) is 0.565. The molecule has 0 radical (unpaired) electrons. The van der Waals surface area contributed by atoms with Crippen LogP contribution in [-0.4, -0.2) is 11.5 Å². The first kappa shape index (κ1) is 13.6. The zero-order valence-corrected chi connectivity index (χ0v) is 9.60. The maximum Gasteiger partial charge on any atom is 0.416 e. The highest BCUT2D eigenvalue weighted by Gasteiger charge is 2.31. The van der Waals surface area contributed by atoms with E-state index in [4.69, 9.17) is 5.84 Å². The Morgan fingerprint density at radius 1 is 1.29 bits per heavy atom. The summed E-state index contributed by atoms with van der Waals surface area (Å²) < 4.78 is 37.7. The summed E-state index contributed by atoms with van der Waals surface area (Å²) in [5.74, 6) is 5.52. The van der Waals surface area contributed by atoms with Crippen molar-refractivity contribution in [3.8, 4) is 0 Å². The number of anilines is 2. The molecule has 0 spiro atoms. The maximum atomic E-state index is 12.6. The van der Waals surface area contributed by atoms with E-state index < -0.39 is 11.7 Å². The Morgan fingerprint density at radius 2 is 1.88 bits per heavy atom. The van der Waals surface area contributed by atoms with Crippen LogP contribution in [-0.2, 0) is 6.18 Å². The van der Waals surface area contributed by atoms with E-state index in [2.05, 4.69) is 15.7 Å². The minimum absolute atomic E-state index is 0.0221. The van der Waals surface area contributed by atoms with Crippen LogP contribution in [0.25, 0.3) is 0 Å². The zero-order valence-electron chi connectivity index (χ0n) is 9.60. The van der Waals surface area contributed by atoms with E-state index in [0.29, 0.717) is 12.5 Å². The molecule has 1 aromatic rings. The SMILES string of the molecule is CC(C)CNc1cc(C(F)(F)F)cc(NN)n1. The van der Waals surface area contributed by atoms with Gasteiger partial charge in [-0.1, -0.05) is 13.8 Å². The number of nitrogens with two attached hydrogens (primary N) is 1. The molecule has 17 heavy (non-hydrogen) atoms. The molecule has 0 aliphatic rings. The fraction of sp³-hybridized carbons (Fsp3) is 0.500. The van der Waals surface area contributed by atoms with Gasteiger partial charge in [0.15, 0.2) is 0 Å². The normalized spacial score (nSPS) is 11.7. The summed E-state index contributed by atoms with van der Waals surface area (Å²) in [4.78, 5) is 3.89. The van der Waals surface area contributed by atoms with E-state index in [1.54, 1.807) is 0 Å². The Labute approximate surface area is 97.4 Å². The van der Waals surface area contributed by atoms with E-state index >= 15 is 0 Å². The van der Waals surface area contributed by atoms with Crippen LogP contribution in [0.2, 0.25) is 0 Å². The molecule has 4 N–H and O–H groups in total. The van der Waals surface area contributed by atoms with Crippen molar-refractivity contribution in [2.75, 3.05) is 17.3 Å². The first-order chi connectivity index (χ1) is 7.82. The summed E-state index contributed by atoms with van der Waals surface area (Å²) in [6, 6.07) is 1.82. The molecule has 4 nitrogen and oxygen atoms in total. The Balaban J connectivity index is 2.97. The van der Waals surface area contributed by atoms with Crippen LogP contribution >= 0.6 is 0 Å². The van der Waals surface area contributed by atoms with E-state index in [-0.39, 0.29) is 11.6 Å². The van der Waals surface area contributed by atoms with Gasteiger partial charge < -0.3 is 10.7 Å². The molecule has 0 amide bonds. The number of nitrogen functional groups attached to an aromatic ring is 1. The van der Waals surface area contributed by atoms with Crippen molar-refractivity contribution < 1.29 is 13.2 Å². The van der Waals surface area contributed by atoms with Crippen molar-refractivity contribution >= 4 is 11.6 Å². The van der Waals surface area contributed by atoms with Crippen LogP contribution < -0.4 is 16.6 Å². The third kappa shape index (κ3) is 4.10. The fourth-order valence-electron chi connectivity index (χ4n) is 1.17. The maximum absolute atomic E-state index is 12.6. The Morgan fingerprint density at radius 3 is 2.35 bits per heavy atom. The van der Waals surface area contributed by atoms with Gasteiger partial charge in [0, 0.05) is 6.54 Å². The molecule has 0 atom stereocenters. The number of hydrogen-bond donors (Lipinski definition) is 3. The van der Waals surface area contributed by atoms with Crippen LogP contribution in [0.1, 0.15) is 19.4 Å². The average Bonchev–Trinajstić information content (AvgIpc) is 2.24. The van der Waals surface area contributed by atoms with Gasteiger partial charge in [0.25, 0.3) is 0 Å². The molecule has 7 heteroatoms. The fourth-order valence-corrected chi connectivity index (χ4v) is 1.17. The van der Waals surface area contributed by atoms with Gasteiger partial charge in [0.05, 0.1) is 5.56 Å². The van der Waals surface area contributed by atoms with Crippen LogP contribution in [0, 0.1) is 5.92 Å². The largest absolute Gasteiger partial charge is 0.416 e. The van der Waals surface area contributed by atoms with Crippen LogP contribution in [0.4, 0.5) is 24.8 Å². The zero-order chi connectivity index (χ0) is 13.1.